The molecule has 0 spiro atoms. The first-order valence-electron chi connectivity index (χ1n) is 9.00. The summed E-state index contributed by atoms with van der Waals surface area (Å²) in [5.74, 6) is 0.576. The van der Waals surface area contributed by atoms with Crippen molar-refractivity contribution in [2.45, 2.75) is 26.2 Å². The van der Waals surface area contributed by atoms with E-state index >= 15 is 0 Å². The maximum atomic E-state index is 12.9. The summed E-state index contributed by atoms with van der Waals surface area (Å²) in [7, 11) is 0. The van der Waals surface area contributed by atoms with Crippen molar-refractivity contribution < 1.29 is 14.3 Å². The molecular weight excluding hydrogens is 320 g/mol. The Balaban J connectivity index is 1.57. The van der Waals surface area contributed by atoms with Crippen LogP contribution in [0.15, 0.2) is 18.6 Å². The fourth-order valence-corrected chi connectivity index (χ4v) is 3.64. The van der Waals surface area contributed by atoms with Crippen molar-refractivity contribution in [3.05, 3.63) is 24.3 Å². The zero-order valence-electron chi connectivity index (χ0n) is 14.8. The summed E-state index contributed by atoms with van der Waals surface area (Å²) in [6, 6.07) is 1.91. The summed E-state index contributed by atoms with van der Waals surface area (Å²) in [5.41, 5.74) is 0.979. The van der Waals surface area contributed by atoms with E-state index in [1.54, 1.807) is 19.4 Å². The van der Waals surface area contributed by atoms with E-state index in [-0.39, 0.29) is 23.7 Å². The van der Waals surface area contributed by atoms with Crippen LogP contribution in [0.4, 0.5) is 0 Å². The Morgan fingerprint density at radius 2 is 2.04 bits per heavy atom. The molecule has 2 amide bonds. The van der Waals surface area contributed by atoms with Crippen LogP contribution in [0.5, 0.6) is 0 Å². The maximum Gasteiger partial charge on any atom is 0.225 e. The molecule has 0 aliphatic carbocycles. The van der Waals surface area contributed by atoms with E-state index in [0.29, 0.717) is 39.4 Å². The Morgan fingerprint density at radius 3 is 2.72 bits per heavy atom. The highest BCUT2D eigenvalue weighted by molar-refractivity contribution is 5.79. The number of carbonyl (C=O) groups excluding carboxylic acids is 2. The zero-order valence-corrected chi connectivity index (χ0v) is 14.8. The Hall–Kier alpha value is -2.02. The van der Waals surface area contributed by atoms with Gasteiger partial charge in [0.1, 0.15) is 6.33 Å². The number of carbonyl (C=O) groups is 2. The van der Waals surface area contributed by atoms with Crippen LogP contribution in [0.1, 0.15) is 25.5 Å². The summed E-state index contributed by atoms with van der Waals surface area (Å²) >= 11 is 0. The Morgan fingerprint density at radius 1 is 1.24 bits per heavy atom. The summed E-state index contributed by atoms with van der Waals surface area (Å²) in [4.78, 5) is 36.4. The van der Waals surface area contributed by atoms with E-state index in [0.717, 1.165) is 25.0 Å². The number of amides is 2. The van der Waals surface area contributed by atoms with Gasteiger partial charge in [-0.1, -0.05) is 0 Å². The molecule has 7 nitrogen and oxygen atoms in total. The molecule has 1 unspecified atom stereocenters. The lowest BCUT2D eigenvalue weighted by Gasteiger charge is -2.34. The highest BCUT2D eigenvalue weighted by Gasteiger charge is 2.31. The van der Waals surface area contributed by atoms with Gasteiger partial charge in [-0.15, -0.1) is 0 Å². The Labute approximate surface area is 148 Å². The van der Waals surface area contributed by atoms with Crippen molar-refractivity contribution in [1.82, 2.24) is 19.8 Å². The molecule has 3 rings (SSSR count). The smallest absolute Gasteiger partial charge is 0.225 e. The molecule has 2 aliphatic heterocycles. The van der Waals surface area contributed by atoms with Gasteiger partial charge < -0.3 is 14.5 Å². The molecule has 0 radical (unpaired) electrons. The van der Waals surface area contributed by atoms with Crippen molar-refractivity contribution in [2.24, 2.45) is 11.8 Å². The van der Waals surface area contributed by atoms with Gasteiger partial charge in [0.15, 0.2) is 0 Å². The van der Waals surface area contributed by atoms with Crippen LogP contribution in [0.25, 0.3) is 0 Å². The van der Waals surface area contributed by atoms with Gasteiger partial charge in [0.05, 0.1) is 13.2 Å². The molecule has 1 aromatic heterocycles. The van der Waals surface area contributed by atoms with Gasteiger partial charge in [0, 0.05) is 56.8 Å². The number of likely N-dealkylation sites (tertiary alicyclic amines) is 1. The van der Waals surface area contributed by atoms with E-state index in [2.05, 4.69) is 9.97 Å². The predicted molar refractivity (Wildman–Crippen MR) is 91.6 cm³/mol. The molecule has 3 heterocycles. The summed E-state index contributed by atoms with van der Waals surface area (Å²) in [5, 5.41) is 0. The van der Waals surface area contributed by atoms with Crippen LogP contribution in [-0.4, -0.2) is 71.0 Å². The van der Waals surface area contributed by atoms with Crippen LogP contribution >= 0.6 is 0 Å². The van der Waals surface area contributed by atoms with Crippen molar-refractivity contribution in [3.8, 4) is 0 Å². The highest BCUT2D eigenvalue weighted by Crippen LogP contribution is 2.22. The monoisotopic (exact) mass is 346 g/mol. The maximum absolute atomic E-state index is 12.9. The quantitative estimate of drug-likeness (QED) is 0.807. The minimum Gasteiger partial charge on any atom is -0.379 e. The van der Waals surface area contributed by atoms with Crippen molar-refractivity contribution in [2.75, 3.05) is 39.4 Å². The number of ether oxygens (including phenoxy) is 1. The molecule has 136 valence electrons. The van der Waals surface area contributed by atoms with Crippen LogP contribution in [0.2, 0.25) is 0 Å². The number of rotatable bonds is 3. The molecule has 0 N–H and O–H groups in total. The van der Waals surface area contributed by atoms with Crippen LogP contribution in [0, 0.1) is 11.8 Å². The van der Waals surface area contributed by atoms with E-state index < -0.39 is 0 Å². The van der Waals surface area contributed by atoms with Crippen LogP contribution in [-0.2, 0) is 20.7 Å². The second kappa shape index (κ2) is 8.38. The molecule has 0 aromatic carbocycles. The lowest BCUT2D eigenvalue weighted by molar-refractivity contribution is -0.140. The molecule has 0 saturated carbocycles. The first kappa shape index (κ1) is 17.8. The highest BCUT2D eigenvalue weighted by atomic mass is 16.5. The second-order valence-electron chi connectivity index (χ2n) is 6.91. The largest absolute Gasteiger partial charge is 0.379 e. The standard InChI is InChI=1S/C18H26N4O3/c1-14(23)21-6-3-16(4-7-21)18(24)22-8-9-25-12-15(11-22)10-17-2-5-19-13-20-17/h2,5,13,15-16H,3-4,6-12H2,1H3. The van der Waals surface area contributed by atoms with Gasteiger partial charge in [-0.25, -0.2) is 9.97 Å². The molecule has 1 aromatic rings. The molecule has 2 aliphatic rings. The molecule has 2 fully saturated rings. The van der Waals surface area contributed by atoms with E-state index in [4.69, 9.17) is 4.74 Å². The van der Waals surface area contributed by atoms with Gasteiger partial charge in [-0.05, 0) is 25.3 Å². The van der Waals surface area contributed by atoms with Gasteiger partial charge in [0.25, 0.3) is 0 Å². The fraction of sp³-hybridized carbons (Fsp3) is 0.667. The zero-order chi connectivity index (χ0) is 17.6. The van der Waals surface area contributed by atoms with Gasteiger partial charge in [0.2, 0.25) is 11.8 Å². The van der Waals surface area contributed by atoms with Gasteiger partial charge >= 0.3 is 0 Å². The molecule has 2 saturated heterocycles. The topological polar surface area (TPSA) is 75.6 Å². The first-order chi connectivity index (χ1) is 12.1. The van der Waals surface area contributed by atoms with E-state index in [1.807, 2.05) is 15.9 Å². The van der Waals surface area contributed by atoms with Crippen LogP contribution < -0.4 is 0 Å². The third-order valence-corrected chi connectivity index (χ3v) is 5.08. The molecule has 0 bridgehead atoms. The summed E-state index contributed by atoms with van der Waals surface area (Å²) in [6.45, 7) is 5.53. The molecule has 25 heavy (non-hydrogen) atoms. The Kier molecular flexibility index (Phi) is 5.96. The third kappa shape index (κ3) is 4.75. The van der Waals surface area contributed by atoms with E-state index in [9.17, 15) is 9.59 Å². The number of nitrogens with zero attached hydrogens (tertiary/aromatic N) is 4. The van der Waals surface area contributed by atoms with Crippen molar-refractivity contribution >= 4 is 11.8 Å². The van der Waals surface area contributed by atoms with Gasteiger partial charge in [-0.3, -0.25) is 9.59 Å². The van der Waals surface area contributed by atoms with E-state index in [1.165, 1.54) is 0 Å². The number of hydrogen-bond acceptors (Lipinski definition) is 5. The number of aromatic nitrogens is 2. The molecule has 7 heteroatoms. The summed E-state index contributed by atoms with van der Waals surface area (Å²) in [6.07, 6.45) is 5.60. The average Bonchev–Trinajstić information content (AvgIpc) is 2.87. The fourth-order valence-electron chi connectivity index (χ4n) is 3.64. The second-order valence-corrected chi connectivity index (χ2v) is 6.91. The lowest BCUT2D eigenvalue weighted by atomic mass is 9.94. The average molecular weight is 346 g/mol. The third-order valence-electron chi connectivity index (χ3n) is 5.08. The lowest BCUT2D eigenvalue weighted by Crippen LogP contribution is -2.45. The number of hydrogen-bond donors (Lipinski definition) is 0. The molecule has 1 atom stereocenters. The molecular formula is C18H26N4O3. The first-order valence-corrected chi connectivity index (χ1v) is 9.00. The normalized spacial score (nSPS) is 22.5. The van der Waals surface area contributed by atoms with Crippen LogP contribution in [0.3, 0.4) is 0 Å². The predicted octanol–water partition coefficient (Wildman–Crippen LogP) is 0.753. The van der Waals surface area contributed by atoms with Crippen molar-refractivity contribution in [3.63, 3.8) is 0 Å². The Bertz CT molecular complexity index is 587. The van der Waals surface area contributed by atoms with Crippen molar-refractivity contribution in [1.29, 1.82) is 0 Å². The number of piperidine rings is 1. The SMILES string of the molecule is CC(=O)N1CCC(C(=O)N2CCOCC(Cc3ccncn3)C2)CC1. The summed E-state index contributed by atoms with van der Waals surface area (Å²) < 4.78 is 5.71. The minimum atomic E-state index is 0.0217. The van der Waals surface area contributed by atoms with Gasteiger partial charge in [-0.2, -0.15) is 0 Å². The minimum absolute atomic E-state index is 0.0217.